The Morgan fingerprint density at radius 3 is 1.35 bits per heavy atom. The van der Waals surface area contributed by atoms with E-state index in [4.69, 9.17) is 4.74 Å². The molecule has 3 unspecified atom stereocenters. The minimum absolute atomic E-state index is 0.0632. The summed E-state index contributed by atoms with van der Waals surface area (Å²) in [5, 5.41) is 23.8. The van der Waals surface area contributed by atoms with Gasteiger partial charge in [-0.3, -0.25) is 9.59 Å². The van der Waals surface area contributed by atoms with Gasteiger partial charge in [0, 0.05) is 6.42 Å². The summed E-state index contributed by atoms with van der Waals surface area (Å²) >= 11 is 0. The molecule has 6 heteroatoms. The van der Waals surface area contributed by atoms with Gasteiger partial charge in [-0.1, -0.05) is 243 Å². The summed E-state index contributed by atoms with van der Waals surface area (Å²) in [5.74, 6) is -0.494. The van der Waals surface area contributed by atoms with Crippen molar-refractivity contribution in [2.75, 3.05) is 6.61 Å². The van der Waals surface area contributed by atoms with Gasteiger partial charge in [0.2, 0.25) is 5.91 Å². The minimum atomic E-state index is -0.793. The van der Waals surface area contributed by atoms with E-state index >= 15 is 0 Å². The second-order valence-corrected chi connectivity index (χ2v) is 18.7. The van der Waals surface area contributed by atoms with E-state index in [1.807, 2.05) is 0 Å². The number of carbonyl (C=O) groups excluding carboxylic acids is 2. The lowest BCUT2D eigenvalue weighted by Crippen LogP contribution is -2.46. The fraction of sp³-hybridized carbons (Fsp3) is 0.825. The number of hydrogen-bond donors (Lipinski definition) is 3. The second kappa shape index (κ2) is 50.8. The van der Waals surface area contributed by atoms with Gasteiger partial charge in [0.1, 0.15) is 6.10 Å². The molecule has 3 N–H and O–H groups in total. The van der Waals surface area contributed by atoms with Gasteiger partial charge in [-0.05, 0) is 70.6 Å². The van der Waals surface area contributed by atoms with E-state index in [9.17, 15) is 19.8 Å². The number of allylic oxidation sites excluding steroid dienone is 8. The zero-order chi connectivity index (χ0) is 45.9. The molecule has 0 rings (SSSR count). The van der Waals surface area contributed by atoms with E-state index in [0.29, 0.717) is 19.3 Å². The molecule has 368 valence electrons. The molecular weight excluding hydrogens is 779 g/mol. The number of nitrogens with one attached hydrogen (secondary N) is 1. The van der Waals surface area contributed by atoms with Crippen molar-refractivity contribution >= 4 is 11.9 Å². The molecular formula is C57H105NO5. The number of unbranched alkanes of at least 4 members (excludes halogenated alkanes) is 31. The normalized spacial score (nSPS) is 13.5. The molecule has 0 aromatic heterocycles. The van der Waals surface area contributed by atoms with Crippen molar-refractivity contribution in [2.45, 2.75) is 296 Å². The molecule has 0 saturated heterocycles. The van der Waals surface area contributed by atoms with Crippen LogP contribution in [0.15, 0.2) is 48.6 Å². The van der Waals surface area contributed by atoms with Crippen LogP contribution in [0.25, 0.3) is 0 Å². The maximum atomic E-state index is 13.2. The first-order chi connectivity index (χ1) is 31.0. The number of carbonyl (C=O) groups is 2. The summed E-state index contributed by atoms with van der Waals surface area (Å²) in [4.78, 5) is 26.2. The molecule has 0 aromatic carbocycles. The molecule has 0 fully saturated rings. The van der Waals surface area contributed by atoms with Crippen molar-refractivity contribution in [2.24, 2.45) is 0 Å². The zero-order valence-electron chi connectivity index (χ0n) is 42.0. The first-order valence-corrected chi connectivity index (χ1v) is 27.4. The van der Waals surface area contributed by atoms with E-state index < -0.39 is 18.2 Å². The largest absolute Gasteiger partial charge is 0.462 e. The van der Waals surface area contributed by atoms with Crippen LogP contribution in [0.5, 0.6) is 0 Å². The average molecular weight is 884 g/mol. The van der Waals surface area contributed by atoms with Crippen LogP contribution in [0, 0.1) is 0 Å². The summed E-state index contributed by atoms with van der Waals surface area (Å²) < 4.78 is 5.94. The van der Waals surface area contributed by atoms with E-state index in [-0.39, 0.29) is 24.9 Å². The van der Waals surface area contributed by atoms with Crippen LogP contribution in [0.1, 0.15) is 278 Å². The molecule has 0 aromatic rings. The Labute approximate surface area is 391 Å². The van der Waals surface area contributed by atoms with Crippen molar-refractivity contribution in [3.05, 3.63) is 48.6 Å². The standard InChI is InChI=1S/C57H105NO5/c1-4-7-10-13-16-19-22-25-27-29-31-33-36-39-42-45-48-53(63-57(62)50-47-44-41-38-35-32-28-26-23-20-17-14-11-8-5-2)51-56(61)58-54(52-59)55(60)49-46-43-40-37-34-30-24-21-18-15-12-9-6-3/h8,11,14,17,20,23,31,33,53-55,59-60H,4-7,9-10,12-13,15-16,18-19,21-22,24-30,32,34-52H2,1-3H3,(H,58,61)/b11-8+,17-14+,23-20+,33-31+. The van der Waals surface area contributed by atoms with Gasteiger partial charge >= 0.3 is 5.97 Å². The van der Waals surface area contributed by atoms with Gasteiger partial charge in [0.05, 0.1) is 25.2 Å². The van der Waals surface area contributed by atoms with Crippen molar-refractivity contribution in [1.82, 2.24) is 5.32 Å². The van der Waals surface area contributed by atoms with Crippen LogP contribution < -0.4 is 5.32 Å². The van der Waals surface area contributed by atoms with E-state index in [0.717, 1.165) is 77.0 Å². The smallest absolute Gasteiger partial charge is 0.306 e. The van der Waals surface area contributed by atoms with Crippen LogP contribution in [-0.4, -0.2) is 46.9 Å². The van der Waals surface area contributed by atoms with Gasteiger partial charge in [0.25, 0.3) is 0 Å². The summed E-state index contributed by atoms with van der Waals surface area (Å²) in [6, 6.07) is -0.708. The maximum Gasteiger partial charge on any atom is 0.306 e. The molecule has 0 bridgehead atoms. The fourth-order valence-electron chi connectivity index (χ4n) is 8.31. The molecule has 0 heterocycles. The summed E-state index contributed by atoms with van der Waals surface area (Å²) in [6.45, 7) is 6.37. The number of rotatable bonds is 49. The van der Waals surface area contributed by atoms with Crippen LogP contribution >= 0.6 is 0 Å². The lowest BCUT2D eigenvalue weighted by molar-refractivity contribution is -0.151. The highest BCUT2D eigenvalue weighted by Crippen LogP contribution is 2.18. The van der Waals surface area contributed by atoms with Crippen LogP contribution in [0.2, 0.25) is 0 Å². The predicted molar refractivity (Wildman–Crippen MR) is 273 cm³/mol. The molecule has 0 spiro atoms. The van der Waals surface area contributed by atoms with Gasteiger partial charge in [0.15, 0.2) is 0 Å². The highest BCUT2D eigenvalue weighted by atomic mass is 16.5. The number of ether oxygens (including phenoxy) is 1. The molecule has 0 saturated carbocycles. The van der Waals surface area contributed by atoms with E-state index in [1.165, 1.54) is 154 Å². The Morgan fingerprint density at radius 1 is 0.476 bits per heavy atom. The number of aliphatic hydroxyl groups excluding tert-OH is 2. The average Bonchev–Trinajstić information content (AvgIpc) is 3.28. The molecule has 0 aliphatic heterocycles. The van der Waals surface area contributed by atoms with E-state index in [2.05, 4.69) is 74.7 Å². The van der Waals surface area contributed by atoms with Crippen LogP contribution in [0.4, 0.5) is 0 Å². The summed E-state index contributed by atoms with van der Waals surface area (Å²) in [7, 11) is 0. The lowest BCUT2D eigenvalue weighted by atomic mass is 10.0. The Bertz CT molecular complexity index is 1080. The van der Waals surface area contributed by atoms with Gasteiger partial charge in [-0.25, -0.2) is 0 Å². The fourth-order valence-corrected chi connectivity index (χ4v) is 8.31. The Morgan fingerprint density at radius 2 is 0.873 bits per heavy atom. The monoisotopic (exact) mass is 884 g/mol. The Kier molecular flexibility index (Phi) is 49.1. The van der Waals surface area contributed by atoms with Gasteiger partial charge < -0.3 is 20.3 Å². The number of aliphatic hydroxyl groups is 2. The first kappa shape index (κ1) is 60.8. The minimum Gasteiger partial charge on any atom is -0.462 e. The maximum absolute atomic E-state index is 13.2. The highest BCUT2D eigenvalue weighted by molar-refractivity contribution is 5.77. The van der Waals surface area contributed by atoms with Crippen molar-refractivity contribution in [3.8, 4) is 0 Å². The van der Waals surface area contributed by atoms with Gasteiger partial charge in [-0.15, -0.1) is 0 Å². The number of hydrogen-bond acceptors (Lipinski definition) is 5. The third-order valence-electron chi connectivity index (χ3n) is 12.5. The van der Waals surface area contributed by atoms with Crippen LogP contribution in [0.3, 0.4) is 0 Å². The first-order valence-electron chi connectivity index (χ1n) is 27.4. The Hall–Kier alpha value is -2.18. The third-order valence-corrected chi connectivity index (χ3v) is 12.5. The van der Waals surface area contributed by atoms with Crippen molar-refractivity contribution < 1.29 is 24.5 Å². The van der Waals surface area contributed by atoms with Crippen molar-refractivity contribution in [1.29, 1.82) is 0 Å². The molecule has 0 aliphatic rings. The van der Waals surface area contributed by atoms with Crippen molar-refractivity contribution in [3.63, 3.8) is 0 Å². The summed E-state index contributed by atoms with van der Waals surface area (Å²) in [6.07, 6.45) is 61.7. The third kappa shape index (κ3) is 46.2. The van der Waals surface area contributed by atoms with Crippen LogP contribution in [-0.2, 0) is 14.3 Å². The number of amides is 1. The lowest BCUT2D eigenvalue weighted by Gasteiger charge is -2.24. The van der Waals surface area contributed by atoms with E-state index in [1.54, 1.807) is 0 Å². The molecule has 0 radical (unpaired) electrons. The zero-order valence-corrected chi connectivity index (χ0v) is 42.0. The molecule has 63 heavy (non-hydrogen) atoms. The van der Waals surface area contributed by atoms with Gasteiger partial charge in [-0.2, -0.15) is 0 Å². The Balaban J connectivity index is 4.60. The molecule has 0 aliphatic carbocycles. The topological polar surface area (TPSA) is 95.9 Å². The second-order valence-electron chi connectivity index (χ2n) is 18.7. The molecule has 6 nitrogen and oxygen atoms in total. The SMILES string of the molecule is CC/C=C/C=C/C=C/CCCCCCCCCC(=O)OC(CCCCC/C=C/CCCCCCCCCCC)CC(=O)NC(CO)C(O)CCCCCCCCCCCCCCC. The number of esters is 1. The highest BCUT2D eigenvalue weighted by Gasteiger charge is 2.24. The summed E-state index contributed by atoms with van der Waals surface area (Å²) in [5.41, 5.74) is 0. The predicted octanol–water partition coefficient (Wildman–Crippen LogP) is 16.6. The quantitative estimate of drug-likeness (QED) is 0.0245. The molecule has 3 atom stereocenters. The molecule has 1 amide bonds.